The van der Waals surface area contributed by atoms with Crippen molar-refractivity contribution in [2.24, 2.45) is 0 Å². The standard InChI is InChI=1S/4C16H18.C14H12O2.10Y/c2*1-5-7-9-15-11-14(4)16(10-8-6-2)12-13(15)3;2*1-5-7-9-15-11-13(3)12-16(14(15)4)10-8-6-2;1-3-5-7-11-9-13(15)10-12(14(11)16)8-6-4-2;;;;;;;;;;/h4*9-10H,5-6H2,1-4H3;7-8H,3-4H2,1-2H3;;;;;;;;;;/q5*-4;;;;;;;;;;. The van der Waals surface area contributed by atoms with Crippen molar-refractivity contribution in [1.29, 1.82) is 0 Å². The summed E-state index contributed by atoms with van der Waals surface area (Å²) in [5, 5.41) is 0. The van der Waals surface area contributed by atoms with Crippen molar-refractivity contribution in [3.63, 3.8) is 0 Å². The summed E-state index contributed by atoms with van der Waals surface area (Å²) >= 11 is 0. The number of Topliss-reactive ketones (excluding diaryl/α,β-unsaturated/α-hetero) is 2. The van der Waals surface area contributed by atoms with E-state index in [2.05, 4.69) is 218 Å². The third-order valence-corrected chi connectivity index (χ3v) is 11.3. The van der Waals surface area contributed by atoms with Crippen LogP contribution in [-0.4, -0.2) is 11.6 Å². The van der Waals surface area contributed by atoms with Crippen molar-refractivity contribution in [3.05, 3.63) is 234 Å². The van der Waals surface area contributed by atoms with E-state index in [0.717, 1.165) is 129 Å². The monoisotopic (exact) mass is 1940 g/mol. The first-order valence-electron chi connectivity index (χ1n) is 28.3. The largest absolute Gasteiger partial charge is 0.452 e. The van der Waals surface area contributed by atoms with Gasteiger partial charge in [0.15, 0.2) is 0 Å². The van der Waals surface area contributed by atoms with Gasteiger partial charge in [0, 0.05) is 327 Å². The SMILES string of the molecule is CC[C-]=CC1=[C-]C(=O)[C-]=C(C=[C-]CC)C1=O.CC[C-]=Cc1[c-]c(C)[c-]c(C=[C-]CC)c1C.CC[C-]=Cc1[c-]c(C)[c-]c(C=[C-]CC)c1C.CC[C-]=Cc1[c-]c(C)c(C=[C-]CC)[c-]c1C.CC[C-]=Cc1[c-]c(C)c(C=[C-]CC)[c-]c1C.[Y].[Y].[Y].[Y].[Y].[Y].[Y].[Y].[Y].[Y]. The van der Waals surface area contributed by atoms with Gasteiger partial charge in [-0.05, 0) is 5.78 Å². The molecule has 458 valence electrons. The predicted molar refractivity (Wildman–Crippen MR) is 338 cm³/mol. The van der Waals surface area contributed by atoms with Gasteiger partial charge in [-0.1, -0.05) is 111 Å². The summed E-state index contributed by atoms with van der Waals surface area (Å²) in [6.07, 6.45) is 64.1. The summed E-state index contributed by atoms with van der Waals surface area (Å²) in [7, 11) is 0. The zero-order chi connectivity index (χ0) is 59.8. The average Bonchev–Trinajstić information content (AvgIpc) is 3.44. The van der Waals surface area contributed by atoms with E-state index in [0.29, 0.717) is 12.8 Å². The molecule has 0 heterocycles. The molecule has 0 unspecified atom stereocenters. The predicted octanol–water partition coefficient (Wildman–Crippen LogP) is 19.5. The van der Waals surface area contributed by atoms with Crippen molar-refractivity contribution in [1.82, 2.24) is 0 Å². The molecule has 2 nitrogen and oxygen atoms in total. The molecule has 0 atom stereocenters. The minimum atomic E-state index is -0.409. The van der Waals surface area contributed by atoms with Crippen LogP contribution in [0.5, 0.6) is 0 Å². The molecule has 0 aliphatic heterocycles. The molecule has 0 amide bonds. The van der Waals surface area contributed by atoms with Gasteiger partial charge in [0.05, 0.1) is 0 Å². The Labute approximate surface area is 803 Å². The molecular formula is C78H84O2Y10-20. The molecular weight excluding hydrogens is 1860 g/mol. The summed E-state index contributed by atoms with van der Waals surface area (Å²) in [5.41, 5.74) is 18.3. The van der Waals surface area contributed by atoms with Gasteiger partial charge in [0.25, 0.3) is 0 Å². The van der Waals surface area contributed by atoms with Crippen molar-refractivity contribution < 1.29 is 337 Å². The van der Waals surface area contributed by atoms with Gasteiger partial charge in [-0.3, -0.25) is 106 Å². The maximum Gasteiger partial charge on any atom is 0 e. The van der Waals surface area contributed by atoms with Crippen LogP contribution < -0.4 is 0 Å². The first-order chi connectivity index (χ1) is 38.4. The van der Waals surface area contributed by atoms with E-state index in [-0.39, 0.29) is 344 Å². The average molecular weight is 1940 g/mol. The molecule has 1 aliphatic carbocycles. The number of aryl methyl sites for hydroxylation is 6. The quantitative estimate of drug-likeness (QED) is 0.0653. The number of allylic oxidation sites excluding steroid dienone is 16. The van der Waals surface area contributed by atoms with Crippen LogP contribution in [0.4, 0.5) is 0 Å². The maximum absolute atomic E-state index is 11.8. The molecule has 4 aromatic rings. The van der Waals surface area contributed by atoms with Crippen LogP contribution in [0.15, 0.2) is 23.3 Å². The molecule has 5 rings (SSSR count). The van der Waals surface area contributed by atoms with Crippen molar-refractivity contribution in [2.75, 3.05) is 0 Å². The first kappa shape index (κ1) is 115. The van der Waals surface area contributed by atoms with E-state index in [4.69, 9.17) is 0 Å². The molecule has 90 heavy (non-hydrogen) atoms. The van der Waals surface area contributed by atoms with Crippen molar-refractivity contribution >= 4 is 60.2 Å². The van der Waals surface area contributed by atoms with E-state index < -0.39 is 5.78 Å². The van der Waals surface area contributed by atoms with Crippen LogP contribution in [0.1, 0.15) is 222 Å². The summed E-state index contributed by atoms with van der Waals surface area (Å²) in [5.74, 6) is -0.658. The molecule has 0 spiro atoms. The number of rotatable bonds is 20. The second kappa shape index (κ2) is 72.9. The fourth-order valence-electron chi connectivity index (χ4n) is 6.92. The number of carbonyl (C=O) groups excluding carboxylic acids is 2. The van der Waals surface area contributed by atoms with Crippen LogP contribution >= 0.6 is 0 Å². The summed E-state index contributed by atoms with van der Waals surface area (Å²) in [6, 6.07) is 26.7. The Hall–Kier alpha value is 4.14. The van der Waals surface area contributed by atoms with Gasteiger partial charge in [-0.15, -0.1) is 78.1 Å². The van der Waals surface area contributed by atoms with Crippen molar-refractivity contribution in [3.8, 4) is 0 Å². The molecule has 12 heteroatoms. The second-order valence-electron chi connectivity index (χ2n) is 18.1. The van der Waals surface area contributed by atoms with Crippen LogP contribution in [0.25, 0.3) is 48.6 Å². The minimum absolute atomic E-state index is 0. The van der Waals surface area contributed by atoms with E-state index in [1.165, 1.54) is 23.3 Å². The first-order valence-corrected chi connectivity index (χ1v) is 28.3. The Kier molecular flexibility index (Phi) is 93.5. The van der Waals surface area contributed by atoms with Gasteiger partial charge >= 0.3 is 0 Å². The van der Waals surface area contributed by atoms with E-state index >= 15 is 0 Å². The summed E-state index contributed by atoms with van der Waals surface area (Å²) in [4.78, 5) is 23.0. The third-order valence-electron chi connectivity index (χ3n) is 11.3. The topological polar surface area (TPSA) is 34.1 Å². The molecule has 0 bridgehead atoms. The Morgan fingerprint density at radius 3 is 0.600 bits per heavy atom. The van der Waals surface area contributed by atoms with E-state index in [9.17, 15) is 9.59 Å². The van der Waals surface area contributed by atoms with Crippen molar-refractivity contribution in [2.45, 2.75) is 189 Å². The molecule has 0 N–H and O–H groups in total. The van der Waals surface area contributed by atoms with Gasteiger partial charge < -0.3 is 175 Å². The number of hydrogen-bond donors (Lipinski definition) is 0. The Bertz CT molecular complexity index is 2610. The Morgan fingerprint density at radius 2 is 0.422 bits per heavy atom. The molecule has 1 aliphatic rings. The van der Waals surface area contributed by atoms with E-state index in [1.807, 2.05) is 76.3 Å². The van der Waals surface area contributed by atoms with Gasteiger partial charge in [0.2, 0.25) is 0 Å². The molecule has 0 fully saturated rings. The van der Waals surface area contributed by atoms with E-state index in [1.54, 1.807) is 0 Å². The fraction of sp³-hybridized carbons (Fsp3) is 0.359. The van der Waals surface area contributed by atoms with Crippen LogP contribution in [0.2, 0.25) is 0 Å². The molecule has 4 aromatic carbocycles. The van der Waals surface area contributed by atoms with Crippen LogP contribution in [0.3, 0.4) is 0 Å². The molecule has 0 aromatic heterocycles. The normalized spacial score (nSPS) is 11.4. The van der Waals surface area contributed by atoms with Gasteiger partial charge in [-0.2, -0.15) is 5.78 Å². The zero-order valence-corrected chi connectivity index (χ0v) is 85.8. The molecule has 0 saturated heterocycles. The second-order valence-corrected chi connectivity index (χ2v) is 18.1. The Morgan fingerprint density at radius 1 is 0.256 bits per heavy atom. The Balaban J connectivity index is -0.000000108. The number of carbonyl (C=O) groups is 2. The maximum atomic E-state index is 11.8. The molecule has 10 radical (unpaired) electrons. The number of benzene rings is 4. The van der Waals surface area contributed by atoms with Crippen LogP contribution in [-0.2, 0) is 337 Å². The summed E-state index contributed by atoms with van der Waals surface area (Å²) in [6.45, 7) is 36.9. The zero-order valence-electron chi connectivity index (χ0n) is 57.4. The third kappa shape index (κ3) is 49.7. The van der Waals surface area contributed by atoms with Gasteiger partial charge in [0.1, 0.15) is 0 Å². The summed E-state index contributed by atoms with van der Waals surface area (Å²) < 4.78 is 0. The number of hydrogen-bond acceptors (Lipinski definition) is 2. The molecule has 0 saturated carbocycles. The van der Waals surface area contributed by atoms with Crippen LogP contribution in [0, 0.1) is 177 Å². The minimum Gasteiger partial charge on any atom is -0.452 e. The van der Waals surface area contributed by atoms with Gasteiger partial charge in [-0.25, -0.2) is 11.1 Å². The number of ketones is 2. The smallest absolute Gasteiger partial charge is 0 e. The fourth-order valence-corrected chi connectivity index (χ4v) is 6.92.